The monoisotopic (exact) mass is 230 g/mol. The van der Waals surface area contributed by atoms with Gasteiger partial charge >= 0.3 is 0 Å². The van der Waals surface area contributed by atoms with E-state index < -0.39 is 0 Å². The lowest BCUT2D eigenvalue weighted by atomic mass is 10.1. The summed E-state index contributed by atoms with van der Waals surface area (Å²) in [4.78, 5) is 7.13. The fourth-order valence-corrected chi connectivity index (χ4v) is 2.02. The molecule has 0 N–H and O–H groups in total. The molecule has 1 aliphatic heterocycles. The highest BCUT2D eigenvalue weighted by molar-refractivity contribution is 5.78. The van der Waals surface area contributed by atoms with Crippen LogP contribution in [0, 0.1) is 0 Å². The average Bonchev–Trinajstić information content (AvgIpc) is 2.38. The van der Waals surface area contributed by atoms with Crippen molar-refractivity contribution >= 4 is 6.21 Å². The number of nitrogens with zero attached hydrogens (tertiary/aromatic N) is 2. The van der Waals surface area contributed by atoms with Crippen LogP contribution in [0.1, 0.15) is 12.0 Å². The van der Waals surface area contributed by atoms with Crippen molar-refractivity contribution in [1.82, 2.24) is 4.90 Å². The minimum absolute atomic E-state index is 0.946. The molecule has 0 atom stereocenters. The molecule has 1 aliphatic rings. The first kappa shape index (κ1) is 11.9. The van der Waals surface area contributed by atoms with Gasteiger partial charge in [-0.25, -0.2) is 0 Å². The zero-order valence-corrected chi connectivity index (χ0v) is 10.2. The van der Waals surface area contributed by atoms with E-state index in [4.69, 9.17) is 4.84 Å². The fourth-order valence-electron chi connectivity index (χ4n) is 2.02. The first-order valence-electron chi connectivity index (χ1n) is 5.90. The zero-order valence-electron chi connectivity index (χ0n) is 10.2. The van der Waals surface area contributed by atoms with Gasteiger partial charge in [-0.05, 0) is 17.6 Å². The lowest BCUT2D eigenvalue weighted by Crippen LogP contribution is -2.29. The van der Waals surface area contributed by atoms with Crippen LogP contribution in [0.3, 0.4) is 0 Å². The summed E-state index contributed by atoms with van der Waals surface area (Å²) in [5.41, 5.74) is 2.59. The van der Waals surface area contributed by atoms with Gasteiger partial charge in [0.1, 0.15) is 7.11 Å². The molecule has 0 unspecified atom stereocenters. The van der Waals surface area contributed by atoms with E-state index in [1.807, 2.05) is 0 Å². The van der Waals surface area contributed by atoms with Crippen LogP contribution >= 0.6 is 0 Å². The molecule has 1 aromatic carbocycles. The van der Waals surface area contributed by atoms with E-state index in [1.54, 1.807) is 13.3 Å². The molecule has 3 heteroatoms. The Morgan fingerprint density at radius 2 is 2.18 bits per heavy atom. The van der Waals surface area contributed by atoms with Crippen molar-refractivity contribution in [3.8, 4) is 0 Å². The topological polar surface area (TPSA) is 24.8 Å². The van der Waals surface area contributed by atoms with Crippen molar-refractivity contribution in [2.45, 2.75) is 13.0 Å². The number of rotatable bonds is 4. The summed E-state index contributed by atoms with van der Waals surface area (Å²) >= 11 is 0. The second-order valence-electron chi connectivity index (χ2n) is 4.18. The fraction of sp³-hybridized carbons (Fsp3) is 0.357. The minimum atomic E-state index is 0.946. The van der Waals surface area contributed by atoms with E-state index in [2.05, 4.69) is 46.5 Å². The molecule has 17 heavy (non-hydrogen) atoms. The standard InChI is InChI=1S/C14H18N2O/c1-17-15-10-14-8-5-9-16(12-14)11-13-6-3-2-4-7-13/h2-4,6-8,10H,5,9,11-12H2,1H3. The van der Waals surface area contributed by atoms with Crippen LogP contribution in [0.2, 0.25) is 0 Å². The highest BCUT2D eigenvalue weighted by Gasteiger charge is 2.11. The summed E-state index contributed by atoms with van der Waals surface area (Å²) < 4.78 is 0. The van der Waals surface area contributed by atoms with Gasteiger partial charge < -0.3 is 4.84 Å². The minimum Gasteiger partial charge on any atom is -0.399 e. The van der Waals surface area contributed by atoms with Crippen LogP contribution in [0.5, 0.6) is 0 Å². The maximum Gasteiger partial charge on any atom is 0.106 e. The van der Waals surface area contributed by atoms with Gasteiger partial charge in [0.05, 0.1) is 6.21 Å². The third-order valence-electron chi connectivity index (χ3n) is 2.83. The van der Waals surface area contributed by atoms with Crippen LogP contribution in [0.15, 0.2) is 47.1 Å². The molecular weight excluding hydrogens is 212 g/mol. The molecule has 1 heterocycles. The molecule has 0 saturated heterocycles. The predicted molar refractivity (Wildman–Crippen MR) is 69.9 cm³/mol. The average molecular weight is 230 g/mol. The van der Waals surface area contributed by atoms with E-state index in [1.165, 1.54) is 11.1 Å². The third-order valence-corrected chi connectivity index (χ3v) is 2.83. The van der Waals surface area contributed by atoms with Gasteiger partial charge in [-0.2, -0.15) is 0 Å². The van der Waals surface area contributed by atoms with E-state index >= 15 is 0 Å². The van der Waals surface area contributed by atoms with E-state index in [0.717, 1.165) is 26.1 Å². The van der Waals surface area contributed by atoms with Gasteiger partial charge in [0.2, 0.25) is 0 Å². The summed E-state index contributed by atoms with van der Waals surface area (Å²) in [6, 6.07) is 10.6. The molecule has 0 aromatic heterocycles. The molecule has 0 fully saturated rings. The Morgan fingerprint density at radius 1 is 1.35 bits per heavy atom. The van der Waals surface area contributed by atoms with Crippen LogP contribution in [-0.2, 0) is 11.4 Å². The third kappa shape index (κ3) is 3.71. The SMILES string of the molecule is CON=CC1=CCCN(Cc2ccccc2)C1. The maximum absolute atomic E-state index is 4.71. The molecule has 1 aromatic rings. The van der Waals surface area contributed by atoms with Crippen molar-refractivity contribution in [1.29, 1.82) is 0 Å². The summed E-state index contributed by atoms with van der Waals surface area (Å²) in [5, 5.41) is 3.82. The Kier molecular flexibility index (Phi) is 4.33. The van der Waals surface area contributed by atoms with Crippen LogP contribution < -0.4 is 0 Å². The second kappa shape index (κ2) is 6.21. The molecule has 90 valence electrons. The van der Waals surface area contributed by atoms with Gasteiger partial charge in [-0.15, -0.1) is 0 Å². The quantitative estimate of drug-likeness (QED) is 0.586. The Labute approximate surface area is 102 Å². The van der Waals surface area contributed by atoms with Crippen LogP contribution in [0.4, 0.5) is 0 Å². The first-order valence-corrected chi connectivity index (χ1v) is 5.90. The van der Waals surface area contributed by atoms with Crippen molar-refractivity contribution in [3.63, 3.8) is 0 Å². The lowest BCUT2D eigenvalue weighted by molar-refractivity contribution is 0.214. The Morgan fingerprint density at radius 3 is 2.94 bits per heavy atom. The molecule has 3 nitrogen and oxygen atoms in total. The van der Waals surface area contributed by atoms with Crippen LogP contribution in [-0.4, -0.2) is 31.3 Å². The van der Waals surface area contributed by atoms with Crippen molar-refractivity contribution in [3.05, 3.63) is 47.5 Å². The van der Waals surface area contributed by atoms with Gasteiger partial charge in [-0.3, -0.25) is 4.90 Å². The largest absolute Gasteiger partial charge is 0.399 e. The van der Waals surface area contributed by atoms with E-state index in [9.17, 15) is 0 Å². The lowest BCUT2D eigenvalue weighted by Gasteiger charge is -2.25. The second-order valence-corrected chi connectivity index (χ2v) is 4.18. The molecule has 0 radical (unpaired) electrons. The van der Waals surface area contributed by atoms with Gasteiger partial charge in [-0.1, -0.05) is 41.6 Å². The highest BCUT2D eigenvalue weighted by atomic mass is 16.6. The summed E-state index contributed by atoms with van der Waals surface area (Å²) in [5.74, 6) is 0. The highest BCUT2D eigenvalue weighted by Crippen LogP contribution is 2.12. The van der Waals surface area contributed by atoms with Crippen molar-refractivity contribution in [2.24, 2.45) is 5.16 Å². The number of hydrogen-bond acceptors (Lipinski definition) is 3. The van der Waals surface area contributed by atoms with E-state index in [-0.39, 0.29) is 0 Å². The predicted octanol–water partition coefficient (Wildman–Crippen LogP) is 2.45. The van der Waals surface area contributed by atoms with E-state index in [0.29, 0.717) is 0 Å². The molecule has 0 amide bonds. The summed E-state index contributed by atoms with van der Waals surface area (Å²) in [6.07, 6.45) is 5.11. The zero-order chi connectivity index (χ0) is 11.9. The van der Waals surface area contributed by atoms with Crippen molar-refractivity contribution < 1.29 is 4.84 Å². The number of hydrogen-bond donors (Lipinski definition) is 0. The van der Waals surface area contributed by atoms with Crippen LogP contribution in [0.25, 0.3) is 0 Å². The molecule has 0 saturated carbocycles. The number of oxime groups is 1. The number of benzene rings is 1. The molecule has 2 rings (SSSR count). The molecule has 0 spiro atoms. The summed E-state index contributed by atoms with van der Waals surface area (Å²) in [6.45, 7) is 3.06. The Balaban J connectivity index is 1.92. The van der Waals surface area contributed by atoms with Gasteiger partial charge in [0.15, 0.2) is 0 Å². The molecule has 0 aliphatic carbocycles. The normalized spacial score (nSPS) is 17.1. The smallest absolute Gasteiger partial charge is 0.106 e. The Bertz CT molecular complexity index is 398. The molecule has 0 bridgehead atoms. The van der Waals surface area contributed by atoms with Crippen molar-refractivity contribution in [2.75, 3.05) is 20.2 Å². The maximum atomic E-state index is 4.71. The Hall–Kier alpha value is -1.61. The first-order chi connectivity index (χ1) is 8.38. The summed E-state index contributed by atoms with van der Waals surface area (Å²) in [7, 11) is 1.57. The van der Waals surface area contributed by atoms with Gasteiger partial charge in [0.25, 0.3) is 0 Å². The van der Waals surface area contributed by atoms with Gasteiger partial charge in [0, 0.05) is 19.6 Å². The molecular formula is C14H18N2O.